The van der Waals surface area contributed by atoms with Gasteiger partial charge in [-0.15, -0.1) is 0 Å². The minimum absolute atomic E-state index is 0.0268. The van der Waals surface area contributed by atoms with E-state index in [9.17, 15) is 14.4 Å². The Hall–Kier alpha value is -4.17. The standard InChI is InChI=1S/C33H32BrN3O4/c1-22-16-26(18-29(17-22)41-2)32(39)36-14-12-25(13-15-36)24-8-10-28(11-9-24)35-31(38)30-19-27(34)21-37(33(30)40)20-23-6-4-3-5-7-23/h3-11,16-19,21,25H,12-15,20H2,1-2H3,(H,35,38). The number of rotatable bonds is 7. The first-order chi connectivity index (χ1) is 19.8. The zero-order valence-electron chi connectivity index (χ0n) is 23.1. The van der Waals surface area contributed by atoms with Crippen LogP contribution in [0, 0.1) is 6.92 Å². The number of aromatic nitrogens is 1. The molecule has 0 bridgehead atoms. The summed E-state index contributed by atoms with van der Waals surface area (Å²) in [6.07, 6.45) is 3.41. The fourth-order valence-corrected chi connectivity index (χ4v) is 5.76. The minimum Gasteiger partial charge on any atom is -0.497 e. The van der Waals surface area contributed by atoms with Crippen LogP contribution < -0.4 is 15.6 Å². The Morgan fingerprint density at radius 3 is 2.37 bits per heavy atom. The van der Waals surface area contributed by atoms with Gasteiger partial charge in [-0.2, -0.15) is 0 Å². The molecule has 41 heavy (non-hydrogen) atoms. The highest BCUT2D eigenvalue weighted by molar-refractivity contribution is 9.10. The number of aryl methyl sites for hydroxylation is 1. The number of hydrogen-bond acceptors (Lipinski definition) is 4. The van der Waals surface area contributed by atoms with Gasteiger partial charge in [-0.05, 0) is 94.7 Å². The maximum Gasteiger partial charge on any atom is 0.263 e. The summed E-state index contributed by atoms with van der Waals surface area (Å²) >= 11 is 3.43. The van der Waals surface area contributed by atoms with Crippen LogP contribution in [0.3, 0.4) is 0 Å². The van der Waals surface area contributed by atoms with Gasteiger partial charge in [0.15, 0.2) is 0 Å². The van der Waals surface area contributed by atoms with Crippen molar-refractivity contribution >= 4 is 33.4 Å². The number of benzene rings is 3. The van der Waals surface area contributed by atoms with Gasteiger partial charge in [-0.25, -0.2) is 0 Å². The molecular weight excluding hydrogens is 582 g/mol. The predicted molar refractivity (Wildman–Crippen MR) is 164 cm³/mol. The number of piperidine rings is 1. The molecule has 3 aromatic carbocycles. The lowest BCUT2D eigenvalue weighted by Gasteiger charge is -2.32. The van der Waals surface area contributed by atoms with E-state index in [2.05, 4.69) is 21.2 Å². The lowest BCUT2D eigenvalue weighted by atomic mass is 9.89. The van der Waals surface area contributed by atoms with Crippen molar-refractivity contribution in [3.8, 4) is 5.75 Å². The van der Waals surface area contributed by atoms with Crippen molar-refractivity contribution in [3.05, 3.63) is 128 Å². The first kappa shape index (κ1) is 28.4. The number of likely N-dealkylation sites (tertiary alicyclic amines) is 1. The molecule has 1 fully saturated rings. The first-order valence-corrected chi connectivity index (χ1v) is 14.4. The minimum atomic E-state index is -0.453. The molecule has 1 aliphatic heterocycles. The number of carbonyl (C=O) groups excluding carboxylic acids is 2. The van der Waals surface area contributed by atoms with Gasteiger partial charge in [0.05, 0.1) is 13.7 Å². The Bertz CT molecular complexity index is 1610. The lowest BCUT2D eigenvalue weighted by Crippen LogP contribution is -2.38. The fourth-order valence-electron chi connectivity index (χ4n) is 5.28. The van der Waals surface area contributed by atoms with Crippen LogP contribution >= 0.6 is 15.9 Å². The van der Waals surface area contributed by atoms with Crippen LogP contribution in [0.5, 0.6) is 5.75 Å². The van der Waals surface area contributed by atoms with E-state index in [1.807, 2.05) is 78.6 Å². The Morgan fingerprint density at radius 2 is 1.68 bits per heavy atom. The molecule has 1 N–H and O–H groups in total. The zero-order chi connectivity index (χ0) is 28.9. The van der Waals surface area contributed by atoms with Gasteiger partial charge >= 0.3 is 0 Å². The van der Waals surface area contributed by atoms with Gasteiger partial charge in [-0.1, -0.05) is 42.5 Å². The van der Waals surface area contributed by atoms with E-state index in [1.165, 1.54) is 10.1 Å². The number of nitrogens with one attached hydrogen (secondary N) is 1. The van der Waals surface area contributed by atoms with Crippen molar-refractivity contribution in [1.82, 2.24) is 9.47 Å². The van der Waals surface area contributed by atoms with Crippen molar-refractivity contribution < 1.29 is 14.3 Å². The third kappa shape index (κ3) is 6.77. The summed E-state index contributed by atoms with van der Waals surface area (Å²) in [5.41, 5.74) is 4.12. The fraction of sp³-hybridized carbons (Fsp3) is 0.242. The second-order valence-corrected chi connectivity index (χ2v) is 11.3. The monoisotopic (exact) mass is 613 g/mol. The summed E-state index contributed by atoms with van der Waals surface area (Å²) in [7, 11) is 1.61. The Labute approximate surface area is 247 Å². The highest BCUT2D eigenvalue weighted by atomic mass is 79.9. The smallest absolute Gasteiger partial charge is 0.263 e. The zero-order valence-corrected chi connectivity index (χ0v) is 24.7. The second kappa shape index (κ2) is 12.6. The Kier molecular flexibility index (Phi) is 8.69. The number of hydrogen-bond donors (Lipinski definition) is 1. The van der Waals surface area contributed by atoms with Crippen LogP contribution in [0.4, 0.5) is 5.69 Å². The Morgan fingerprint density at radius 1 is 0.976 bits per heavy atom. The van der Waals surface area contributed by atoms with E-state index in [0.29, 0.717) is 47.0 Å². The van der Waals surface area contributed by atoms with Crippen molar-refractivity contribution in [1.29, 1.82) is 0 Å². The number of methoxy groups -OCH3 is 1. The largest absolute Gasteiger partial charge is 0.497 e. The predicted octanol–water partition coefficient (Wildman–Crippen LogP) is 6.25. The summed E-state index contributed by atoms with van der Waals surface area (Å²) in [5, 5.41) is 2.87. The maximum atomic E-state index is 13.1. The van der Waals surface area contributed by atoms with Crippen molar-refractivity contribution in [2.75, 3.05) is 25.5 Å². The van der Waals surface area contributed by atoms with Crippen molar-refractivity contribution in [2.45, 2.75) is 32.2 Å². The van der Waals surface area contributed by atoms with Gasteiger partial charge in [0.25, 0.3) is 17.4 Å². The molecule has 1 aromatic heterocycles. The van der Waals surface area contributed by atoms with E-state index >= 15 is 0 Å². The molecule has 2 heterocycles. The number of amides is 2. The number of pyridine rings is 1. The molecular formula is C33H32BrN3O4. The molecule has 7 nitrogen and oxygen atoms in total. The SMILES string of the molecule is COc1cc(C)cc(C(=O)N2CCC(c3ccc(NC(=O)c4cc(Br)cn(Cc5ccccc5)c4=O)cc3)CC2)c1. The summed E-state index contributed by atoms with van der Waals surface area (Å²) in [5.74, 6) is 0.587. The van der Waals surface area contributed by atoms with E-state index in [0.717, 1.165) is 24.0 Å². The third-order valence-electron chi connectivity index (χ3n) is 7.45. The number of anilines is 1. The molecule has 0 unspecified atom stereocenters. The molecule has 1 aliphatic rings. The molecule has 210 valence electrons. The highest BCUT2D eigenvalue weighted by Gasteiger charge is 2.25. The Balaban J connectivity index is 1.21. The summed E-state index contributed by atoms with van der Waals surface area (Å²) < 4.78 is 7.51. The van der Waals surface area contributed by atoms with Crippen LogP contribution in [0.15, 0.2) is 94.3 Å². The molecule has 1 saturated heterocycles. The van der Waals surface area contributed by atoms with Crippen LogP contribution in [-0.4, -0.2) is 41.5 Å². The lowest BCUT2D eigenvalue weighted by molar-refractivity contribution is 0.0712. The van der Waals surface area contributed by atoms with Gasteiger partial charge in [0.2, 0.25) is 0 Å². The van der Waals surface area contributed by atoms with Crippen molar-refractivity contribution in [2.24, 2.45) is 0 Å². The number of nitrogens with zero attached hydrogens (tertiary/aromatic N) is 2. The number of ether oxygens (including phenoxy) is 1. The maximum absolute atomic E-state index is 13.1. The molecule has 0 atom stereocenters. The molecule has 0 radical (unpaired) electrons. The van der Waals surface area contributed by atoms with Crippen LogP contribution in [0.25, 0.3) is 0 Å². The highest BCUT2D eigenvalue weighted by Crippen LogP contribution is 2.30. The summed E-state index contributed by atoms with van der Waals surface area (Å²) in [6.45, 7) is 3.68. The van der Waals surface area contributed by atoms with Gasteiger partial charge in [-0.3, -0.25) is 14.4 Å². The molecule has 2 amide bonds. The van der Waals surface area contributed by atoms with Crippen LogP contribution in [-0.2, 0) is 6.54 Å². The summed E-state index contributed by atoms with van der Waals surface area (Å²) in [6, 6.07) is 24.6. The van der Waals surface area contributed by atoms with E-state index in [4.69, 9.17) is 4.74 Å². The normalized spacial score (nSPS) is 13.6. The van der Waals surface area contributed by atoms with Gasteiger partial charge in [0.1, 0.15) is 11.3 Å². The topological polar surface area (TPSA) is 80.6 Å². The van der Waals surface area contributed by atoms with Crippen molar-refractivity contribution in [3.63, 3.8) is 0 Å². The third-order valence-corrected chi connectivity index (χ3v) is 7.88. The number of carbonyl (C=O) groups is 2. The molecule has 0 spiro atoms. The van der Waals surface area contributed by atoms with Crippen LogP contribution in [0.2, 0.25) is 0 Å². The van der Waals surface area contributed by atoms with E-state index in [1.54, 1.807) is 25.4 Å². The van der Waals surface area contributed by atoms with E-state index < -0.39 is 5.91 Å². The first-order valence-electron chi connectivity index (χ1n) is 13.6. The molecule has 5 rings (SSSR count). The van der Waals surface area contributed by atoms with E-state index in [-0.39, 0.29) is 17.0 Å². The average molecular weight is 615 g/mol. The second-order valence-electron chi connectivity index (χ2n) is 10.4. The van der Waals surface area contributed by atoms with Gasteiger partial charge < -0.3 is 19.5 Å². The summed E-state index contributed by atoms with van der Waals surface area (Å²) in [4.78, 5) is 41.1. The van der Waals surface area contributed by atoms with Crippen LogP contribution in [0.1, 0.15) is 56.2 Å². The molecule has 0 saturated carbocycles. The molecule has 4 aromatic rings. The molecule has 8 heteroatoms. The number of halogens is 1. The average Bonchev–Trinajstić information content (AvgIpc) is 2.99. The molecule has 0 aliphatic carbocycles. The van der Waals surface area contributed by atoms with Gasteiger partial charge in [0, 0.05) is 35.0 Å². The quantitative estimate of drug-likeness (QED) is 0.267.